The maximum absolute atomic E-state index is 11.6. The molecule has 17 heavy (non-hydrogen) atoms. The van der Waals surface area contributed by atoms with Crippen LogP contribution in [0.15, 0.2) is 24.3 Å². The van der Waals surface area contributed by atoms with E-state index >= 15 is 0 Å². The van der Waals surface area contributed by atoms with Gasteiger partial charge in [0.25, 0.3) is 5.91 Å². The van der Waals surface area contributed by atoms with Gasteiger partial charge in [0.2, 0.25) is 5.91 Å². The first-order valence-electron chi connectivity index (χ1n) is 5.20. The number of benzene rings is 1. The second-order valence-electron chi connectivity index (χ2n) is 3.82. The Morgan fingerprint density at radius 1 is 1.59 bits per heavy atom. The zero-order valence-corrected chi connectivity index (χ0v) is 9.10. The number of hydrogen-bond donors (Lipinski definition) is 3. The molecule has 4 N–H and O–H groups in total. The fraction of sp³-hybridized carbons (Fsp3) is 0.273. The highest BCUT2D eigenvalue weighted by atomic mass is 16.7. The lowest BCUT2D eigenvalue weighted by Crippen LogP contribution is -2.42. The molecular weight excluding hydrogens is 222 g/mol. The standard InChI is InChI=1S/C11H13N3O3/c12-8-3-1-2-7(4-8)5-10(15)13-9-6-17-14-11(9)16/h1-4,9H,5-6,12H2,(H,13,15)(H,14,16)/t9-/m1/s1. The third-order valence-electron chi connectivity index (χ3n) is 2.39. The van der Waals surface area contributed by atoms with Crippen molar-refractivity contribution in [1.29, 1.82) is 0 Å². The SMILES string of the molecule is Nc1cccc(CC(=O)N[C@@H]2CONC2=O)c1. The molecule has 0 saturated carbocycles. The number of carbonyl (C=O) groups excluding carboxylic acids is 2. The quantitative estimate of drug-likeness (QED) is 0.607. The maximum Gasteiger partial charge on any atom is 0.268 e. The molecule has 0 spiro atoms. The first-order valence-corrected chi connectivity index (χ1v) is 5.20. The Morgan fingerprint density at radius 3 is 3.06 bits per heavy atom. The summed E-state index contributed by atoms with van der Waals surface area (Å²) < 4.78 is 0. The largest absolute Gasteiger partial charge is 0.399 e. The molecule has 0 aromatic heterocycles. The van der Waals surface area contributed by atoms with Gasteiger partial charge < -0.3 is 11.1 Å². The fourth-order valence-corrected chi connectivity index (χ4v) is 1.58. The van der Waals surface area contributed by atoms with Crippen molar-refractivity contribution >= 4 is 17.5 Å². The average Bonchev–Trinajstić information content (AvgIpc) is 2.64. The Morgan fingerprint density at radius 2 is 2.41 bits per heavy atom. The molecule has 1 aliphatic heterocycles. The summed E-state index contributed by atoms with van der Waals surface area (Å²) in [6.45, 7) is 0.154. The van der Waals surface area contributed by atoms with Crippen LogP contribution in [0.5, 0.6) is 0 Å². The van der Waals surface area contributed by atoms with Crippen LogP contribution in [0.1, 0.15) is 5.56 Å². The Kier molecular flexibility index (Phi) is 3.24. The molecule has 90 valence electrons. The summed E-state index contributed by atoms with van der Waals surface area (Å²) in [7, 11) is 0. The van der Waals surface area contributed by atoms with Crippen molar-refractivity contribution in [3.63, 3.8) is 0 Å². The first kappa shape index (κ1) is 11.4. The molecule has 0 radical (unpaired) electrons. The summed E-state index contributed by atoms with van der Waals surface area (Å²) in [4.78, 5) is 27.5. The minimum Gasteiger partial charge on any atom is -0.399 e. The summed E-state index contributed by atoms with van der Waals surface area (Å²) >= 11 is 0. The molecule has 1 aliphatic rings. The molecule has 6 heteroatoms. The minimum absolute atomic E-state index is 0.154. The van der Waals surface area contributed by atoms with E-state index in [1.165, 1.54) is 0 Å². The molecular formula is C11H13N3O3. The zero-order valence-electron chi connectivity index (χ0n) is 9.10. The number of anilines is 1. The van der Waals surface area contributed by atoms with Gasteiger partial charge in [-0.2, -0.15) is 0 Å². The van der Waals surface area contributed by atoms with Gasteiger partial charge in [-0.1, -0.05) is 12.1 Å². The van der Waals surface area contributed by atoms with E-state index in [1.54, 1.807) is 24.3 Å². The lowest BCUT2D eigenvalue weighted by Gasteiger charge is -2.08. The predicted octanol–water partition coefficient (Wildman–Crippen LogP) is -0.643. The third kappa shape index (κ3) is 2.94. The second kappa shape index (κ2) is 4.84. The van der Waals surface area contributed by atoms with E-state index in [0.29, 0.717) is 5.69 Å². The van der Waals surface area contributed by atoms with Crippen molar-refractivity contribution in [2.45, 2.75) is 12.5 Å². The topological polar surface area (TPSA) is 93.5 Å². The summed E-state index contributed by atoms with van der Waals surface area (Å²) in [5.74, 6) is -0.563. The maximum atomic E-state index is 11.6. The number of nitrogen functional groups attached to an aromatic ring is 1. The molecule has 2 amide bonds. The highest BCUT2D eigenvalue weighted by Crippen LogP contribution is 2.07. The second-order valence-corrected chi connectivity index (χ2v) is 3.82. The van der Waals surface area contributed by atoms with Crippen molar-refractivity contribution in [2.24, 2.45) is 0 Å². The summed E-state index contributed by atoms with van der Waals surface area (Å²) in [5.41, 5.74) is 9.19. The summed E-state index contributed by atoms with van der Waals surface area (Å²) in [6, 6.07) is 6.46. The molecule has 1 fully saturated rings. The van der Waals surface area contributed by atoms with Crippen LogP contribution in [0.3, 0.4) is 0 Å². The van der Waals surface area contributed by atoms with E-state index in [4.69, 9.17) is 10.6 Å². The normalized spacial score (nSPS) is 18.8. The molecule has 0 bridgehead atoms. The Labute approximate surface area is 98.1 Å². The number of nitrogens with two attached hydrogens (primary N) is 1. The first-order chi connectivity index (χ1) is 8.15. The van der Waals surface area contributed by atoms with Crippen LogP contribution in [-0.2, 0) is 20.8 Å². The van der Waals surface area contributed by atoms with Crippen LogP contribution in [0.2, 0.25) is 0 Å². The van der Waals surface area contributed by atoms with Crippen LogP contribution in [0.4, 0.5) is 5.69 Å². The molecule has 0 aliphatic carbocycles. The van der Waals surface area contributed by atoms with E-state index < -0.39 is 6.04 Å². The van der Waals surface area contributed by atoms with Gasteiger partial charge in [0.1, 0.15) is 12.6 Å². The van der Waals surface area contributed by atoms with Crippen LogP contribution in [0.25, 0.3) is 0 Å². The van der Waals surface area contributed by atoms with Crippen molar-refractivity contribution in [3.8, 4) is 0 Å². The molecule has 1 saturated heterocycles. The average molecular weight is 235 g/mol. The van der Waals surface area contributed by atoms with E-state index in [0.717, 1.165) is 5.56 Å². The van der Waals surface area contributed by atoms with Gasteiger partial charge in [-0.05, 0) is 17.7 Å². The lowest BCUT2D eigenvalue weighted by molar-refractivity contribution is -0.128. The Balaban J connectivity index is 1.91. The molecule has 1 aromatic rings. The van der Waals surface area contributed by atoms with Crippen molar-refractivity contribution < 1.29 is 14.4 Å². The van der Waals surface area contributed by atoms with Gasteiger partial charge in [-0.25, -0.2) is 5.48 Å². The third-order valence-corrected chi connectivity index (χ3v) is 2.39. The van der Waals surface area contributed by atoms with Gasteiger partial charge in [0.05, 0.1) is 6.42 Å². The van der Waals surface area contributed by atoms with Crippen molar-refractivity contribution in [2.75, 3.05) is 12.3 Å². The fourth-order valence-electron chi connectivity index (χ4n) is 1.58. The van der Waals surface area contributed by atoms with Crippen LogP contribution < -0.4 is 16.5 Å². The minimum atomic E-state index is -0.608. The molecule has 1 heterocycles. The highest BCUT2D eigenvalue weighted by molar-refractivity contribution is 5.88. The lowest BCUT2D eigenvalue weighted by atomic mass is 10.1. The molecule has 1 atom stereocenters. The van der Waals surface area contributed by atoms with Gasteiger partial charge >= 0.3 is 0 Å². The van der Waals surface area contributed by atoms with Gasteiger partial charge in [0.15, 0.2) is 0 Å². The molecule has 2 rings (SSSR count). The van der Waals surface area contributed by atoms with Crippen LogP contribution >= 0.6 is 0 Å². The monoisotopic (exact) mass is 235 g/mol. The van der Waals surface area contributed by atoms with E-state index in [2.05, 4.69) is 10.8 Å². The van der Waals surface area contributed by atoms with Crippen molar-refractivity contribution in [3.05, 3.63) is 29.8 Å². The number of amides is 2. The Bertz CT molecular complexity index is 447. The molecule has 6 nitrogen and oxygen atoms in total. The molecule has 0 unspecified atom stereocenters. The predicted molar refractivity (Wildman–Crippen MR) is 60.6 cm³/mol. The Hall–Kier alpha value is -2.08. The van der Waals surface area contributed by atoms with Crippen molar-refractivity contribution in [1.82, 2.24) is 10.8 Å². The highest BCUT2D eigenvalue weighted by Gasteiger charge is 2.26. The van der Waals surface area contributed by atoms with E-state index in [1.807, 2.05) is 0 Å². The van der Waals surface area contributed by atoms with Gasteiger partial charge in [-0.15, -0.1) is 0 Å². The number of nitrogens with one attached hydrogen (secondary N) is 2. The van der Waals surface area contributed by atoms with Gasteiger partial charge in [-0.3, -0.25) is 14.4 Å². The van der Waals surface area contributed by atoms with Crippen LogP contribution in [0, 0.1) is 0 Å². The smallest absolute Gasteiger partial charge is 0.268 e. The van der Waals surface area contributed by atoms with E-state index in [-0.39, 0.29) is 24.8 Å². The summed E-state index contributed by atoms with van der Waals surface area (Å²) in [5, 5.41) is 2.58. The zero-order chi connectivity index (χ0) is 12.3. The number of hydrogen-bond acceptors (Lipinski definition) is 4. The van der Waals surface area contributed by atoms with Gasteiger partial charge in [0, 0.05) is 5.69 Å². The number of hydroxylamine groups is 1. The molecule has 1 aromatic carbocycles. The summed E-state index contributed by atoms with van der Waals surface area (Å²) in [6.07, 6.45) is 0.189. The van der Waals surface area contributed by atoms with E-state index in [9.17, 15) is 9.59 Å². The number of rotatable bonds is 3. The number of carbonyl (C=O) groups is 2. The van der Waals surface area contributed by atoms with Crippen LogP contribution in [-0.4, -0.2) is 24.5 Å².